The maximum Gasteiger partial charge on any atom is 0.243 e. The van der Waals surface area contributed by atoms with Crippen LogP contribution in [0.2, 0.25) is 10.0 Å². The van der Waals surface area contributed by atoms with Crippen molar-refractivity contribution in [3.8, 4) is 0 Å². The molecule has 1 aromatic rings. The number of hydrogen-bond acceptors (Lipinski definition) is 2. The Kier molecular flexibility index (Phi) is 7.81. The second-order valence-electron chi connectivity index (χ2n) is 4.30. The summed E-state index contributed by atoms with van der Waals surface area (Å²) in [5, 5.41) is 1.04. The van der Waals surface area contributed by atoms with E-state index in [0.717, 1.165) is 18.2 Å². The third-order valence-corrected chi connectivity index (χ3v) is 6.15. The molecule has 0 heterocycles. The predicted molar refractivity (Wildman–Crippen MR) is 91.5 cm³/mol. The van der Waals surface area contributed by atoms with Crippen LogP contribution in [0.1, 0.15) is 19.8 Å². The zero-order chi connectivity index (χ0) is 15.3. The van der Waals surface area contributed by atoms with E-state index in [-0.39, 0.29) is 20.9 Å². The second kappa shape index (κ2) is 8.34. The Bertz CT molecular complexity index is 544. The SMILES string of the molecule is CCC(CCBr)CNS(=O)(=O)c1c(Cl)cc(Br)cc1Cl. The highest BCUT2D eigenvalue weighted by Gasteiger charge is 2.23. The van der Waals surface area contributed by atoms with Gasteiger partial charge in [-0.3, -0.25) is 0 Å². The summed E-state index contributed by atoms with van der Waals surface area (Å²) >= 11 is 18.6. The van der Waals surface area contributed by atoms with Crippen LogP contribution in [0.5, 0.6) is 0 Å². The van der Waals surface area contributed by atoms with E-state index in [0.29, 0.717) is 11.0 Å². The Morgan fingerprint density at radius 2 is 1.85 bits per heavy atom. The van der Waals surface area contributed by atoms with Crippen molar-refractivity contribution >= 4 is 65.1 Å². The van der Waals surface area contributed by atoms with E-state index in [1.807, 2.05) is 6.92 Å². The first-order chi connectivity index (χ1) is 9.31. The summed E-state index contributed by atoms with van der Waals surface area (Å²) in [4.78, 5) is -0.0715. The van der Waals surface area contributed by atoms with Crippen molar-refractivity contribution in [1.29, 1.82) is 0 Å². The number of hydrogen-bond donors (Lipinski definition) is 1. The fourth-order valence-corrected chi connectivity index (χ4v) is 5.39. The molecule has 0 fully saturated rings. The van der Waals surface area contributed by atoms with Crippen LogP contribution in [0.15, 0.2) is 21.5 Å². The van der Waals surface area contributed by atoms with E-state index < -0.39 is 10.0 Å². The lowest BCUT2D eigenvalue weighted by Gasteiger charge is -2.16. The van der Waals surface area contributed by atoms with Gasteiger partial charge in [0.25, 0.3) is 0 Å². The fourth-order valence-electron chi connectivity index (χ4n) is 1.69. The van der Waals surface area contributed by atoms with Crippen LogP contribution in [-0.4, -0.2) is 20.3 Å². The molecule has 0 aromatic heterocycles. The molecule has 0 aliphatic rings. The Hall–Kier alpha value is 0.670. The minimum absolute atomic E-state index is 0.0715. The quantitative estimate of drug-likeness (QED) is 0.583. The molecular formula is C12H15Br2Cl2NO2S. The molecule has 20 heavy (non-hydrogen) atoms. The van der Waals surface area contributed by atoms with Crippen molar-refractivity contribution in [3.05, 3.63) is 26.7 Å². The molecule has 0 amide bonds. The zero-order valence-corrected chi connectivity index (χ0v) is 16.3. The van der Waals surface area contributed by atoms with Crippen LogP contribution < -0.4 is 4.72 Å². The maximum absolute atomic E-state index is 12.3. The molecule has 3 nitrogen and oxygen atoms in total. The van der Waals surface area contributed by atoms with Gasteiger partial charge < -0.3 is 0 Å². The summed E-state index contributed by atoms with van der Waals surface area (Å²) in [7, 11) is -3.71. The highest BCUT2D eigenvalue weighted by atomic mass is 79.9. The third kappa shape index (κ3) is 5.14. The van der Waals surface area contributed by atoms with Crippen molar-refractivity contribution < 1.29 is 8.42 Å². The minimum Gasteiger partial charge on any atom is -0.211 e. The lowest BCUT2D eigenvalue weighted by molar-refractivity contribution is 0.483. The molecule has 0 radical (unpaired) electrons. The zero-order valence-electron chi connectivity index (χ0n) is 10.8. The van der Waals surface area contributed by atoms with E-state index in [1.165, 1.54) is 12.1 Å². The molecule has 0 bridgehead atoms. The fraction of sp³-hybridized carbons (Fsp3) is 0.500. The molecule has 114 valence electrons. The predicted octanol–water partition coefficient (Wildman–Crippen LogP) is 4.85. The number of sulfonamides is 1. The highest BCUT2D eigenvalue weighted by Crippen LogP contribution is 2.32. The number of halogens is 4. The molecule has 1 atom stereocenters. The van der Waals surface area contributed by atoms with Gasteiger partial charge in [0, 0.05) is 16.3 Å². The molecule has 0 saturated heterocycles. The molecular weight excluding hydrogens is 453 g/mol. The van der Waals surface area contributed by atoms with Crippen LogP contribution in [0.4, 0.5) is 0 Å². The molecule has 1 rings (SSSR count). The van der Waals surface area contributed by atoms with Gasteiger partial charge in [-0.1, -0.05) is 68.4 Å². The number of nitrogens with one attached hydrogen (secondary N) is 1. The van der Waals surface area contributed by atoms with Crippen molar-refractivity contribution in [2.45, 2.75) is 24.7 Å². The van der Waals surface area contributed by atoms with Crippen LogP contribution in [-0.2, 0) is 10.0 Å². The molecule has 0 aliphatic carbocycles. The normalized spacial score (nSPS) is 13.4. The molecule has 1 aromatic carbocycles. The average Bonchev–Trinajstić information content (AvgIpc) is 2.32. The summed E-state index contributed by atoms with van der Waals surface area (Å²) in [5.41, 5.74) is 0. The molecule has 8 heteroatoms. The van der Waals surface area contributed by atoms with Gasteiger partial charge >= 0.3 is 0 Å². The van der Waals surface area contributed by atoms with Crippen LogP contribution in [0.25, 0.3) is 0 Å². The van der Waals surface area contributed by atoms with Gasteiger partial charge in [-0.2, -0.15) is 0 Å². The monoisotopic (exact) mass is 465 g/mol. The number of rotatable bonds is 7. The second-order valence-corrected chi connectivity index (χ2v) is 8.53. The molecule has 1 N–H and O–H groups in total. The summed E-state index contributed by atoms with van der Waals surface area (Å²) in [6.45, 7) is 2.40. The Morgan fingerprint density at radius 1 is 1.30 bits per heavy atom. The maximum atomic E-state index is 12.3. The lowest BCUT2D eigenvalue weighted by Crippen LogP contribution is -2.30. The van der Waals surface area contributed by atoms with E-state index in [1.54, 1.807) is 0 Å². The molecule has 0 saturated carbocycles. The Morgan fingerprint density at radius 3 is 2.30 bits per heavy atom. The van der Waals surface area contributed by atoms with Gasteiger partial charge in [-0.15, -0.1) is 0 Å². The van der Waals surface area contributed by atoms with Gasteiger partial charge in [0.05, 0.1) is 10.0 Å². The summed E-state index contributed by atoms with van der Waals surface area (Å²) in [6, 6.07) is 3.02. The van der Waals surface area contributed by atoms with Crippen molar-refractivity contribution in [3.63, 3.8) is 0 Å². The molecule has 1 unspecified atom stereocenters. The van der Waals surface area contributed by atoms with Crippen molar-refractivity contribution in [2.24, 2.45) is 5.92 Å². The van der Waals surface area contributed by atoms with E-state index in [9.17, 15) is 8.42 Å². The molecule has 0 aliphatic heterocycles. The highest BCUT2D eigenvalue weighted by molar-refractivity contribution is 9.10. The van der Waals surface area contributed by atoms with Crippen LogP contribution in [0.3, 0.4) is 0 Å². The Labute approximate surface area is 146 Å². The standard InChI is InChI=1S/C12H15Br2Cl2NO2S/c1-2-8(3-4-13)7-17-20(18,19)12-10(15)5-9(14)6-11(12)16/h5-6,8,17H,2-4,7H2,1H3. The van der Waals surface area contributed by atoms with Crippen molar-refractivity contribution in [2.75, 3.05) is 11.9 Å². The van der Waals surface area contributed by atoms with E-state index in [4.69, 9.17) is 23.2 Å². The average molecular weight is 468 g/mol. The summed E-state index contributed by atoms with van der Waals surface area (Å²) in [6.07, 6.45) is 1.80. The smallest absolute Gasteiger partial charge is 0.211 e. The summed E-state index contributed by atoms with van der Waals surface area (Å²) < 4.78 is 27.8. The number of benzene rings is 1. The lowest BCUT2D eigenvalue weighted by atomic mass is 10.0. The first-order valence-corrected chi connectivity index (χ1v) is 10.2. The van der Waals surface area contributed by atoms with E-state index in [2.05, 4.69) is 36.6 Å². The molecule has 0 spiro atoms. The topological polar surface area (TPSA) is 46.2 Å². The van der Waals surface area contributed by atoms with Gasteiger partial charge in [-0.25, -0.2) is 13.1 Å². The minimum atomic E-state index is -3.71. The van der Waals surface area contributed by atoms with Gasteiger partial charge in [0.2, 0.25) is 10.0 Å². The van der Waals surface area contributed by atoms with Gasteiger partial charge in [0.1, 0.15) is 4.90 Å². The first kappa shape index (κ1) is 18.7. The summed E-state index contributed by atoms with van der Waals surface area (Å²) in [5.74, 6) is 0.275. The van der Waals surface area contributed by atoms with Crippen molar-refractivity contribution in [1.82, 2.24) is 4.72 Å². The van der Waals surface area contributed by atoms with Crippen LogP contribution >= 0.6 is 55.1 Å². The van der Waals surface area contributed by atoms with Gasteiger partial charge in [0.15, 0.2) is 0 Å². The third-order valence-electron chi connectivity index (χ3n) is 2.89. The largest absolute Gasteiger partial charge is 0.243 e. The first-order valence-electron chi connectivity index (χ1n) is 6.02. The van der Waals surface area contributed by atoms with E-state index >= 15 is 0 Å². The van der Waals surface area contributed by atoms with Crippen LogP contribution in [0, 0.1) is 5.92 Å². The Balaban J connectivity index is 2.95. The van der Waals surface area contributed by atoms with Gasteiger partial charge in [-0.05, 0) is 24.5 Å². The number of alkyl halides is 1.